The van der Waals surface area contributed by atoms with Gasteiger partial charge in [0.15, 0.2) is 5.78 Å². The summed E-state index contributed by atoms with van der Waals surface area (Å²) in [4.78, 5) is 26.1. The zero-order chi connectivity index (χ0) is 22.4. The van der Waals surface area contributed by atoms with E-state index in [1.54, 1.807) is 17.0 Å². The molecule has 1 fully saturated rings. The number of amides is 1. The van der Waals surface area contributed by atoms with E-state index in [0.717, 1.165) is 24.8 Å². The summed E-state index contributed by atoms with van der Waals surface area (Å²) in [6.07, 6.45) is 3.69. The van der Waals surface area contributed by atoms with Gasteiger partial charge < -0.3 is 4.90 Å². The number of benzene rings is 2. The van der Waals surface area contributed by atoms with Crippen LogP contribution >= 0.6 is 0 Å². The van der Waals surface area contributed by atoms with E-state index in [1.165, 1.54) is 28.9 Å². The zero-order valence-corrected chi connectivity index (χ0v) is 19.0. The van der Waals surface area contributed by atoms with Crippen LogP contribution in [0.1, 0.15) is 48.2 Å². The van der Waals surface area contributed by atoms with Crippen LogP contribution in [0.25, 0.3) is 0 Å². The monoisotopic (exact) mass is 442 g/mol. The maximum atomic E-state index is 12.9. The summed E-state index contributed by atoms with van der Waals surface area (Å²) < 4.78 is 27.3. The Morgan fingerprint density at radius 1 is 0.935 bits per heavy atom. The van der Waals surface area contributed by atoms with Crippen molar-refractivity contribution >= 4 is 21.7 Å². The lowest BCUT2D eigenvalue weighted by molar-refractivity contribution is -0.131. The highest BCUT2D eigenvalue weighted by atomic mass is 32.2. The number of rotatable bonds is 8. The highest BCUT2D eigenvalue weighted by Gasteiger charge is 2.30. The second-order valence-corrected chi connectivity index (χ2v) is 9.90. The molecule has 166 valence electrons. The van der Waals surface area contributed by atoms with Crippen LogP contribution < -0.4 is 0 Å². The Hall–Kier alpha value is -2.51. The third-order valence-corrected chi connectivity index (χ3v) is 7.56. The number of carbonyl (C=O) groups is 2. The van der Waals surface area contributed by atoms with Crippen molar-refractivity contribution in [2.24, 2.45) is 0 Å². The van der Waals surface area contributed by atoms with Crippen LogP contribution in [0.2, 0.25) is 0 Å². The normalized spacial score (nSPS) is 15.1. The summed E-state index contributed by atoms with van der Waals surface area (Å²) in [5.41, 5.74) is 2.63. The quantitative estimate of drug-likeness (QED) is 0.588. The molecule has 1 heterocycles. The molecule has 7 heteroatoms. The smallest absolute Gasteiger partial charge is 0.243 e. The number of hydrogen-bond donors (Lipinski definition) is 0. The largest absolute Gasteiger partial charge is 0.340 e. The van der Waals surface area contributed by atoms with Gasteiger partial charge >= 0.3 is 0 Å². The Bertz CT molecular complexity index is 1020. The Morgan fingerprint density at radius 2 is 1.58 bits per heavy atom. The predicted octanol–water partition coefficient (Wildman–Crippen LogP) is 3.31. The van der Waals surface area contributed by atoms with Crippen LogP contribution in [0.5, 0.6) is 0 Å². The average Bonchev–Trinajstić information content (AvgIpc) is 2.78. The van der Waals surface area contributed by atoms with E-state index in [0.29, 0.717) is 25.1 Å². The van der Waals surface area contributed by atoms with E-state index in [1.807, 2.05) is 12.1 Å². The number of sulfonamides is 1. The Balaban J connectivity index is 1.58. The Labute approximate surface area is 184 Å². The van der Waals surface area contributed by atoms with Gasteiger partial charge in [-0.3, -0.25) is 9.59 Å². The van der Waals surface area contributed by atoms with Crippen molar-refractivity contribution in [1.82, 2.24) is 9.21 Å². The number of hydrogen-bond acceptors (Lipinski definition) is 4. The number of Topliss-reactive ketones (excluding diaryl/α,β-unsaturated/α-hetero) is 1. The van der Waals surface area contributed by atoms with Crippen LogP contribution in [-0.4, -0.2) is 55.5 Å². The number of unbranched alkanes of at least 4 members (excludes halogenated alkanes) is 1. The van der Waals surface area contributed by atoms with E-state index in [-0.39, 0.29) is 29.7 Å². The first-order valence-corrected chi connectivity index (χ1v) is 12.2. The molecule has 6 nitrogen and oxygen atoms in total. The van der Waals surface area contributed by atoms with E-state index < -0.39 is 10.0 Å². The Morgan fingerprint density at radius 3 is 2.19 bits per heavy atom. The molecule has 0 spiro atoms. The van der Waals surface area contributed by atoms with E-state index in [2.05, 4.69) is 19.1 Å². The van der Waals surface area contributed by atoms with Crippen LogP contribution in [0, 0.1) is 0 Å². The van der Waals surface area contributed by atoms with Crippen molar-refractivity contribution in [2.45, 2.75) is 44.4 Å². The third kappa shape index (κ3) is 5.80. The van der Waals surface area contributed by atoms with Crippen molar-refractivity contribution in [1.29, 1.82) is 0 Å². The van der Waals surface area contributed by atoms with Gasteiger partial charge in [-0.2, -0.15) is 4.31 Å². The molecule has 1 aliphatic heterocycles. The summed E-state index contributed by atoms with van der Waals surface area (Å²) in [6.45, 7) is 4.79. The number of carbonyl (C=O) groups excluding carboxylic acids is 2. The predicted molar refractivity (Wildman–Crippen MR) is 121 cm³/mol. The molecule has 2 aromatic rings. The summed E-state index contributed by atoms with van der Waals surface area (Å²) in [5, 5.41) is 0. The minimum absolute atomic E-state index is 0.0110. The lowest BCUT2D eigenvalue weighted by Gasteiger charge is -2.34. The van der Waals surface area contributed by atoms with Gasteiger partial charge in [0.1, 0.15) is 0 Å². The maximum absolute atomic E-state index is 12.9. The molecule has 3 rings (SSSR count). The van der Waals surface area contributed by atoms with Crippen LogP contribution in [0.4, 0.5) is 0 Å². The zero-order valence-electron chi connectivity index (χ0n) is 18.2. The summed E-state index contributed by atoms with van der Waals surface area (Å²) in [7, 11) is -3.70. The molecule has 0 aromatic heterocycles. The van der Waals surface area contributed by atoms with Crippen molar-refractivity contribution in [3.63, 3.8) is 0 Å². The number of nitrogens with zero attached hydrogens (tertiary/aromatic N) is 2. The van der Waals surface area contributed by atoms with Crippen LogP contribution in [0.3, 0.4) is 0 Å². The molecule has 1 saturated heterocycles. The third-order valence-electron chi connectivity index (χ3n) is 5.67. The molecule has 0 bridgehead atoms. The first-order valence-electron chi connectivity index (χ1n) is 10.8. The first kappa shape index (κ1) is 23.2. The number of ketones is 1. The first-order chi connectivity index (χ1) is 14.8. The number of aryl methyl sites for hydroxylation is 1. The van der Waals surface area contributed by atoms with E-state index >= 15 is 0 Å². The molecule has 1 amide bonds. The highest BCUT2D eigenvalue weighted by molar-refractivity contribution is 7.89. The average molecular weight is 443 g/mol. The van der Waals surface area contributed by atoms with E-state index in [4.69, 9.17) is 0 Å². The lowest BCUT2D eigenvalue weighted by Crippen LogP contribution is -2.50. The van der Waals surface area contributed by atoms with E-state index in [9.17, 15) is 18.0 Å². The van der Waals surface area contributed by atoms with Crippen molar-refractivity contribution in [3.05, 3.63) is 65.2 Å². The van der Waals surface area contributed by atoms with Crippen LogP contribution in [-0.2, 0) is 27.7 Å². The van der Waals surface area contributed by atoms with Gasteiger partial charge in [-0.25, -0.2) is 8.42 Å². The second kappa shape index (κ2) is 10.2. The second-order valence-electron chi connectivity index (χ2n) is 7.97. The van der Waals surface area contributed by atoms with Crippen molar-refractivity contribution < 1.29 is 18.0 Å². The molecular formula is C24H30N2O4S. The molecule has 0 aliphatic carbocycles. The fraction of sp³-hybridized carbons (Fsp3) is 0.417. The maximum Gasteiger partial charge on any atom is 0.243 e. The standard InChI is InChI=1S/C24H30N2O4S/c1-3-4-6-20-9-11-21(12-10-20)17-24(28)25-13-15-26(16-14-25)31(29,30)23-8-5-7-22(18-23)19(2)27/h5,7-12,18H,3-4,6,13-17H2,1-2H3. The molecule has 1 aliphatic rings. The Kier molecular flexibility index (Phi) is 7.62. The number of piperazine rings is 1. The minimum atomic E-state index is -3.70. The van der Waals surface area contributed by atoms with Gasteiger partial charge in [0, 0.05) is 31.7 Å². The summed E-state index contributed by atoms with van der Waals surface area (Å²) in [5.74, 6) is -0.164. The summed E-state index contributed by atoms with van der Waals surface area (Å²) >= 11 is 0. The van der Waals surface area contributed by atoms with Gasteiger partial charge in [-0.15, -0.1) is 0 Å². The topological polar surface area (TPSA) is 74.8 Å². The fourth-order valence-electron chi connectivity index (χ4n) is 3.69. The lowest BCUT2D eigenvalue weighted by atomic mass is 10.0. The van der Waals surface area contributed by atoms with Crippen molar-refractivity contribution in [3.8, 4) is 0 Å². The van der Waals surface area contributed by atoms with Gasteiger partial charge in [-0.05, 0) is 43.0 Å². The highest BCUT2D eigenvalue weighted by Crippen LogP contribution is 2.20. The molecule has 31 heavy (non-hydrogen) atoms. The molecule has 0 unspecified atom stereocenters. The van der Waals surface area contributed by atoms with Gasteiger partial charge in [0.05, 0.1) is 11.3 Å². The molecule has 2 aromatic carbocycles. The van der Waals surface area contributed by atoms with Gasteiger partial charge in [0.25, 0.3) is 0 Å². The minimum Gasteiger partial charge on any atom is -0.340 e. The van der Waals surface area contributed by atoms with Gasteiger partial charge in [-0.1, -0.05) is 49.7 Å². The molecule has 0 radical (unpaired) electrons. The summed E-state index contributed by atoms with van der Waals surface area (Å²) in [6, 6.07) is 14.3. The molecule has 0 N–H and O–H groups in total. The molecular weight excluding hydrogens is 412 g/mol. The molecule has 0 saturated carbocycles. The van der Waals surface area contributed by atoms with Crippen molar-refractivity contribution in [2.75, 3.05) is 26.2 Å². The van der Waals surface area contributed by atoms with Crippen LogP contribution in [0.15, 0.2) is 53.4 Å². The van der Waals surface area contributed by atoms with Gasteiger partial charge in [0.2, 0.25) is 15.9 Å². The molecule has 0 atom stereocenters. The SMILES string of the molecule is CCCCc1ccc(CC(=O)N2CCN(S(=O)(=O)c3cccc(C(C)=O)c3)CC2)cc1. The fourth-order valence-corrected chi connectivity index (χ4v) is 5.16.